The number of amides is 2. The lowest BCUT2D eigenvalue weighted by Crippen LogP contribution is -2.23. The summed E-state index contributed by atoms with van der Waals surface area (Å²) in [6, 6.07) is 7.22. The molecule has 0 saturated heterocycles. The van der Waals surface area contributed by atoms with Crippen LogP contribution in [0.2, 0.25) is 0 Å². The minimum atomic E-state index is -0.504. The lowest BCUT2D eigenvalue weighted by atomic mass is 10.1. The second kappa shape index (κ2) is 8.75. The van der Waals surface area contributed by atoms with Crippen molar-refractivity contribution in [2.24, 2.45) is 11.5 Å². The van der Waals surface area contributed by atoms with Gasteiger partial charge in [0.1, 0.15) is 0 Å². The van der Waals surface area contributed by atoms with E-state index in [0.29, 0.717) is 24.2 Å². The lowest BCUT2D eigenvalue weighted by molar-refractivity contribution is -0.114. The van der Waals surface area contributed by atoms with Crippen molar-refractivity contribution in [2.45, 2.75) is 13.5 Å². The SMILES string of the molecule is BN(CC(=C/C)/C=C(\C=C)C(N)=O)Cc1cccc(C(N)=O)c1. The highest BCUT2D eigenvalue weighted by atomic mass is 16.1. The minimum absolute atomic E-state index is 0.377. The third-order valence-electron chi connectivity index (χ3n) is 3.33. The van der Waals surface area contributed by atoms with Crippen LogP contribution >= 0.6 is 0 Å². The normalized spacial score (nSPS) is 12.3. The molecule has 1 aromatic carbocycles. The average Bonchev–Trinajstić information content (AvgIpc) is 2.51. The van der Waals surface area contributed by atoms with Crippen molar-refractivity contribution in [1.29, 1.82) is 0 Å². The minimum Gasteiger partial charge on any atom is -0.366 e. The molecule has 0 aliphatic carbocycles. The molecule has 0 aliphatic rings. The molecule has 0 atom stereocenters. The summed E-state index contributed by atoms with van der Waals surface area (Å²) in [6.07, 6.45) is 5.09. The number of hydrogen-bond acceptors (Lipinski definition) is 3. The summed E-state index contributed by atoms with van der Waals surface area (Å²) >= 11 is 0. The molecule has 0 aromatic heterocycles. The molecule has 120 valence electrons. The second-order valence-corrected chi connectivity index (χ2v) is 5.27. The summed E-state index contributed by atoms with van der Waals surface area (Å²) < 4.78 is 0. The van der Waals surface area contributed by atoms with Gasteiger partial charge in [0.15, 0.2) is 7.98 Å². The van der Waals surface area contributed by atoms with E-state index in [9.17, 15) is 9.59 Å². The third kappa shape index (κ3) is 5.96. The van der Waals surface area contributed by atoms with Crippen LogP contribution < -0.4 is 11.5 Å². The zero-order valence-electron chi connectivity index (χ0n) is 13.6. The van der Waals surface area contributed by atoms with Gasteiger partial charge in [0, 0.05) is 24.2 Å². The van der Waals surface area contributed by atoms with Crippen molar-refractivity contribution in [3.63, 3.8) is 0 Å². The topological polar surface area (TPSA) is 89.4 Å². The molecule has 0 heterocycles. The number of hydrogen-bond donors (Lipinski definition) is 2. The lowest BCUT2D eigenvalue weighted by Gasteiger charge is -2.18. The fourth-order valence-corrected chi connectivity index (χ4v) is 2.15. The molecule has 1 rings (SSSR count). The predicted molar refractivity (Wildman–Crippen MR) is 95.1 cm³/mol. The Morgan fingerprint density at radius 3 is 2.57 bits per heavy atom. The van der Waals surface area contributed by atoms with Gasteiger partial charge in [-0.2, -0.15) is 0 Å². The summed E-state index contributed by atoms with van der Waals surface area (Å²) in [4.78, 5) is 24.5. The zero-order valence-corrected chi connectivity index (χ0v) is 13.6. The van der Waals surface area contributed by atoms with Crippen LogP contribution in [0.4, 0.5) is 0 Å². The molecule has 1 aromatic rings. The highest BCUT2D eigenvalue weighted by Crippen LogP contribution is 2.10. The number of nitrogens with two attached hydrogens (primary N) is 2. The Labute approximate surface area is 137 Å². The van der Waals surface area contributed by atoms with Crippen molar-refractivity contribution in [3.8, 4) is 0 Å². The maximum absolute atomic E-state index is 11.3. The number of nitrogens with zero attached hydrogens (tertiary/aromatic N) is 1. The number of carbonyl (C=O) groups is 2. The first-order valence-corrected chi connectivity index (χ1v) is 7.23. The molecule has 0 unspecified atom stereocenters. The first kappa shape index (κ1) is 18.5. The Bertz CT molecular complexity index is 666. The maximum atomic E-state index is 11.3. The van der Waals surface area contributed by atoms with E-state index in [1.54, 1.807) is 18.2 Å². The van der Waals surface area contributed by atoms with E-state index in [4.69, 9.17) is 11.5 Å². The molecule has 0 spiro atoms. The summed E-state index contributed by atoms with van der Waals surface area (Å²) in [5.74, 6) is -0.945. The van der Waals surface area contributed by atoms with Gasteiger partial charge in [-0.25, -0.2) is 0 Å². The van der Waals surface area contributed by atoms with Crippen LogP contribution in [0.1, 0.15) is 22.8 Å². The van der Waals surface area contributed by atoms with Gasteiger partial charge in [-0.05, 0) is 36.3 Å². The Kier molecular flexibility index (Phi) is 7.02. The molecule has 0 radical (unpaired) electrons. The molecule has 4 N–H and O–H groups in total. The largest absolute Gasteiger partial charge is 0.366 e. The quantitative estimate of drug-likeness (QED) is 0.420. The van der Waals surface area contributed by atoms with Crippen LogP contribution in [-0.4, -0.2) is 31.2 Å². The molecular formula is C17H22BN3O2. The molecule has 0 bridgehead atoms. The standard InChI is InChI=1S/C17H22BN3O2/c1-3-12(8-14(4-2)16(19)22)10-21(18)11-13-6-5-7-15(9-13)17(20)23/h3-9H,2,10-11,18H2,1H3,(H2,19,22)(H2,20,23)/b12-3+,14-8+. The number of benzene rings is 1. The van der Waals surface area contributed by atoms with Gasteiger partial charge in [0.2, 0.25) is 11.8 Å². The summed E-state index contributed by atoms with van der Waals surface area (Å²) in [6.45, 7) is 6.76. The van der Waals surface area contributed by atoms with E-state index in [1.807, 2.05) is 33.1 Å². The Morgan fingerprint density at radius 1 is 1.35 bits per heavy atom. The molecular weight excluding hydrogens is 289 g/mol. The highest BCUT2D eigenvalue weighted by molar-refractivity contribution is 6.04. The van der Waals surface area contributed by atoms with E-state index in [-0.39, 0.29) is 0 Å². The summed E-state index contributed by atoms with van der Waals surface area (Å²) in [7, 11) is 1.95. The molecule has 0 saturated carbocycles. The first-order chi connectivity index (χ1) is 10.9. The molecule has 2 amide bonds. The van der Waals surface area contributed by atoms with Gasteiger partial charge in [0.25, 0.3) is 0 Å². The number of primary amides is 2. The van der Waals surface area contributed by atoms with Crippen molar-refractivity contribution < 1.29 is 9.59 Å². The van der Waals surface area contributed by atoms with Crippen LogP contribution in [0.15, 0.2) is 60.2 Å². The van der Waals surface area contributed by atoms with E-state index >= 15 is 0 Å². The summed E-state index contributed by atoms with van der Waals surface area (Å²) in [5, 5.41) is 0. The fourth-order valence-electron chi connectivity index (χ4n) is 2.15. The number of allylic oxidation sites excluding steroid dienone is 1. The van der Waals surface area contributed by atoms with Crippen molar-refractivity contribution in [2.75, 3.05) is 6.54 Å². The van der Waals surface area contributed by atoms with Crippen LogP contribution in [0, 0.1) is 0 Å². The molecule has 0 fully saturated rings. The average molecular weight is 311 g/mol. The molecule has 0 aliphatic heterocycles. The van der Waals surface area contributed by atoms with E-state index in [0.717, 1.165) is 11.1 Å². The predicted octanol–water partition coefficient (Wildman–Crippen LogP) is 0.680. The number of rotatable bonds is 8. The van der Waals surface area contributed by atoms with Crippen molar-refractivity contribution in [3.05, 3.63) is 71.3 Å². The monoisotopic (exact) mass is 311 g/mol. The molecule has 23 heavy (non-hydrogen) atoms. The third-order valence-corrected chi connectivity index (χ3v) is 3.33. The molecule has 5 nitrogen and oxygen atoms in total. The Balaban J connectivity index is 2.80. The Hall–Kier alpha value is -2.60. The smallest absolute Gasteiger partial charge is 0.248 e. The van der Waals surface area contributed by atoms with Gasteiger partial charge in [-0.15, -0.1) is 0 Å². The number of carbonyl (C=O) groups excluding carboxylic acids is 2. The summed E-state index contributed by atoms with van der Waals surface area (Å²) in [5.41, 5.74) is 13.4. The zero-order chi connectivity index (χ0) is 17.4. The first-order valence-electron chi connectivity index (χ1n) is 7.23. The Morgan fingerprint density at radius 2 is 2.04 bits per heavy atom. The van der Waals surface area contributed by atoms with Crippen molar-refractivity contribution >= 4 is 19.8 Å². The van der Waals surface area contributed by atoms with Crippen molar-refractivity contribution in [1.82, 2.24) is 4.81 Å². The van der Waals surface area contributed by atoms with Crippen LogP contribution in [-0.2, 0) is 11.3 Å². The van der Waals surface area contributed by atoms with Crippen LogP contribution in [0.25, 0.3) is 0 Å². The van der Waals surface area contributed by atoms with Crippen LogP contribution in [0.3, 0.4) is 0 Å². The maximum Gasteiger partial charge on any atom is 0.248 e. The fraction of sp³-hybridized carbons (Fsp3) is 0.176. The van der Waals surface area contributed by atoms with E-state index in [2.05, 4.69) is 11.4 Å². The van der Waals surface area contributed by atoms with Gasteiger partial charge < -0.3 is 16.3 Å². The highest BCUT2D eigenvalue weighted by Gasteiger charge is 2.07. The molecule has 6 heteroatoms. The van der Waals surface area contributed by atoms with Gasteiger partial charge in [0.05, 0.1) is 0 Å². The van der Waals surface area contributed by atoms with Gasteiger partial charge >= 0.3 is 0 Å². The van der Waals surface area contributed by atoms with Crippen LogP contribution in [0.5, 0.6) is 0 Å². The van der Waals surface area contributed by atoms with Gasteiger partial charge in [-0.3, -0.25) is 9.59 Å². The van der Waals surface area contributed by atoms with E-state index < -0.39 is 11.8 Å². The second-order valence-electron chi connectivity index (χ2n) is 5.27. The van der Waals surface area contributed by atoms with E-state index in [1.165, 1.54) is 6.08 Å². The van der Waals surface area contributed by atoms with Gasteiger partial charge in [-0.1, -0.05) is 30.9 Å².